The van der Waals surface area contributed by atoms with Gasteiger partial charge in [-0.2, -0.15) is 0 Å². The van der Waals surface area contributed by atoms with Crippen molar-refractivity contribution in [3.8, 4) is 0 Å². The summed E-state index contributed by atoms with van der Waals surface area (Å²) in [6, 6.07) is 0. The first-order valence-corrected chi connectivity index (χ1v) is 6.79. The molecule has 2 aliphatic heterocycles. The van der Waals surface area contributed by atoms with Gasteiger partial charge in [0.15, 0.2) is 0 Å². The Labute approximate surface area is 94.6 Å². The van der Waals surface area contributed by atoms with Crippen LogP contribution in [0.15, 0.2) is 0 Å². The highest BCUT2D eigenvalue weighted by Gasteiger charge is 2.18. The van der Waals surface area contributed by atoms with E-state index in [1.165, 1.54) is 71.4 Å². The van der Waals surface area contributed by atoms with Crippen LogP contribution in [-0.4, -0.2) is 49.1 Å². The lowest BCUT2D eigenvalue weighted by atomic mass is 10.1. The molecule has 2 saturated heterocycles. The summed E-state index contributed by atoms with van der Waals surface area (Å²) < 4.78 is 0. The van der Waals surface area contributed by atoms with E-state index >= 15 is 0 Å². The number of rotatable bonds is 4. The topological polar surface area (TPSA) is 6.48 Å². The maximum atomic E-state index is 2.66. The van der Waals surface area contributed by atoms with Gasteiger partial charge in [-0.15, -0.1) is 0 Å². The Morgan fingerprint density at radius 3 is 2.33 bits per heavy atom. The third-order valence-corrected chi connectivity index (χ3v) is 3.91. The number of likely N-dealkylation sites (tertiary alicyclic amines) is 2. The summed E-state index contributed by atoms with van der Waals surface area (Å²) in [7, 11) is 0. The number of piperidine rings is 1. The van der Waals surface area contributed by atoms with Crippen LogP contribution in [0.4, 0.5) is 0 Å². The minimum Gasteiger partial charge on any atom is -0.303 e. The minimum absolute atomic E-state index is 0.944. The van der Waals surface area contributed by atoms with Gasteiger partial charge in [0.05, 0.1) is 0 Å². The lowest BCUT2D eigenvalue weighted by Gasteiger charge is -2.27. The van der Waals surface area contributed by atoms with Gasteiger partial charge in [0.25, 0.3) is 0 Å². The van der Waals surface area contributed by atoms with E-state index in [9.17, 15) is 0 Å². The summed E-state index contributed by atoms with van der Waals surface area (Å²) >= 11 is 0. The fraction of sp³-hybridized carbons (Fsp3) is 1.00. The molecule has 2 rings (SSSR count). The fourth-order valence-corrected chi connectivity index (χ4v) is 2.93. The molecule has 2 aliphatic rings. The van der Waals surface area contributed by atoms with Crippen molar-refractivity contribution in [2.45, 2.75) is 39.0 Å². The van der Waals surface area contributed by atoms with Crippen LogP contribution in [0.5, 0.6) is 0 Å². The maximum Gasteiger partial charge on any atom is 0.000750 e. The molecule has 2 heterocycles. The lowest BCUT2D eigenvalue weighted by Crippen LogP contribution is -2.32. The molecule has 1 atom stereocenters. The van der Waals surface area contributed by atoms with Crippen LogP contribution in [0.25, 0.3) is 0 Å². The first-order valence-electron chi connectivity index (χ1n) is 6.79. The van der Waals surface area contributed by atoms with Gasteiger partial charge in [0, 0.05) is 6.54 Å². The second kappa shape index (κ2) is 5.86. The molecule has 15 heavy (non-hydrogen) atoms. The van der Waals surface area contributed by atoms with Crippen molar-refractivity contribution in [2.24, 2.45) is 5.92 Å². The van der Waals surface area contributed by atoms with Gasteiger partial charge in [0.1, 0.15) is 0 Å². The molecule has 0 radical (unpaired) electrons. The maximum absolute atomic E-state index is 2.66. The molecule has 2 fully saturated rings. The van der Waals surface area contributed by atoms with Gasteiger partial charge in [0.2, 0.25) is 0 Å². The second-order valence-electron chi connectivity index (χ2n) is 5.45. The quantitative estimate of drug-likeness (QED) is 0.702. The third-order valence-electron chi connectivity index (χ3n) is 3.91. The zero-order valence-electron chi connectivity index (χ0n) is 10.2. The summed E-state index contributed by atoms with van der Waals surface area (Å²) in [6.45, 7) is 10.5. The molecule has 0 bridgehead atoms. The molecule has 0 aromatic rings. The lowest BCUT2D eigenvalue weighted by molar-refractivity contribution is 0.211. The zero-order chi connectivity index (χ0) is 10.5. The number of hydrogen-bond acceptors (Lipinski definition) is 2. The number of nitrogens with zero attached hydrogens (tertiary/aromatic N) is 2. The van der Waals surface area contributed by atoms with Crippen molar-refractivity contribution in [3.05, 3.63) is 0 Å². The minimum atomic E-state index is 0.944. The Kier molecular flexibility index (Phi) is 4.45. The van der Waals surface area contributed by atoms with Crippen LogP contribution in [0.2, 0.25) is 0 Å². The summed E-state index contributed by atoms with van der Waals surface area (Å²) in [6.07, 6.45) is 7.12. The Balaban J connectivity index is 1.54. The molecule has 2 nitrogen and oxygen atoms in total. The van der Waals surface area contributed by atoms with Gasteiger partial charge in [-0.25, -0.2) is 0 Å². The van der Waals surface area contributed by atoms with Crippen molar-refractivity contribution in [2.75, 3.05) is 39.3 Å². The standard InChI is InChI=1S/C13H26N2/c1-13-6-11-15(12-13)10-5-9-14-7-3-2-4-8-14/h13H,2-12H2,1H3. The van der Waals surface area contributed by atoms with E-state index in [1.54, 1.807) is 0 Å². The third kappa shape index (κ3) is 3.76. The molecule has 0 aromatic heterocycles. The fourth-order valence-electron chi connectivity index (χ4n) is 2.93. The second-order valence-corrected chi connectivity index (χ2v) is 5.45. The van der Waals surface area contributed by atoms with Crippen LogP contribution < -0.4 is 0 Å². The van der Waals surface area contributed by atoms with Crippen LogP contribution >= 0.6 is 0 Å². The van der Waals surface area contributed by atoms with E-state index in [-0.39, 0.29) is 0 Å². The SMILES string of the molecule is CC1CCN(CCCN2CCCCC2)C1. The molecule has 0 aliphatic carbocycles. The Hall–Kier alpha value is -0.0800. The van der Waals surface area contributed by atoms with Crippen LogP contribution in [0.1, 0.15) is 39.0 Å². The molecule has 1 unspecified atom stereocenters. The van der Waals surface area contributed by atoms with E-state index in [0.717, 1.165) is 5.92 Å². The normalized spacial score (nSPS) is 29.8. The average molecular weight is 210 g/mol. The molecular formula is C13H26N2. The molecule has 2 heteroatoms. The van der Waals surface area contributed by atoms with Crippen LogP contribution in [0.3, 0.4) is 0 Å². The predicted octanol–water partition coefficient (Wildman–Crippen LogP) is 2.20. The Morgan fingerprint density at radius 2 is 1.67 bits per heavy atom. The van der Waals surface area contributed by atoms with Crippen molar-refractivity contribution in [1.82, 2.24) is 9.80 Å². The molecule has 0 spiro atoms. The summed E-state index contributed by atoms with van der Waals surface area (Å²) in [5.74, 6) is 0.944. The molecule has 0 N–H and O–H groups in total. The average Bonchev–Trinajstić information content (AvgIpc) is 2.66. The Bertz CT molecular complexity index is 171. The van der Waals surface area contributed by atoms with Gasteiger partial charge in [-0.1, -0.05) is 13.3 Å². The molecular weight excluding hydrogens is 184 g/mol. The van der Waals surface area contributed by atoms with Gasteiger partial charge in [-0.3, -0.25) is 0 Å². The first-order chi connectivity index (χ1) is 7.34. The Morgan fingerprint density at radius 1 is 0.933 bits per heavy atom. The van der Waals surface area contributed by atoms with Gasteiger partial charge >= 0.3 is 0 Å². The summed E-state index contributed by atoms with van der Waals surface area (Å²) in [4.78, 5) is 5.30. The largest absolute Gasteiger partial charge is 0.303 e. The van der Waals surface area contributed by atoms with E-state index in [0.29, 0.717) is 0 Å². The highest BCUT2D eigenvalue weighted by atomic mass is 15.2. The van der Waals surface area contributed by atoms with E-state index < -0.39 is 0 Å². The van der Waals surface area contributed by atoms with E-state index in [1.807, 2.05) is 0 Å². The predicted molar refractivity (Wildman–Crippen MR) is 65.1 cm³/mol. The van der Waals surface area contributed by atoms with Crippen LogP contribution in [0, 0.1) is 5.92 Å². The van der Waals surface area contributed by atoms with E-state index in [2.05, 4.69) is 16.7 Å². The van der Waals surface area contributed by atoms with Gasteiger partial charge < -0.3 is 9.80 Å². The smallest absolute Gasteiger partial charge is 0.000750 e. The van der Waals surface area contributed by atoms with Crippen molar-refractivity contribution < 1.29 is 0 Å². The molecule has 0 aromatic carbocycles. The molecule has 0 saturated carbocycles. The molecule has 0 amide bonds. The monoisotopic (exact) mass is 210 g/mol. The zero-order valence-corrected chi connectivity index (χ0v) is 10.2. The highest BCUT2D eigenvalue weighted by Crippen LogP contribution is 2.15. The van der Waals surface area contributed by atoms with E-state index in [4.69, 9.17) is 0 Å². The summed E-state index contributed by atoms with van der Waals surface area (Å²) in [5, 5.41) is 0. The van der Waals surface area contributed by atoms with Crippen molar-refractivity contribution in [3.63, 3.8) is 0 Å². The summed E-state index contributed by atoms with van der Waals surface area (Å²) in [5.41, 5.74) is 0. The number of hydrogen-bond donors (Lipinski definition) is 0. The van der Waals surface area contributed by atoms with Crippen molar-refractivity contribution in [1.29, 1.82) is 0 Å². The molecule has 88 valence electrons. The van der Waals surface area contributed by atoms with Crippen LogP contribution in [-0.2, 0) is 0 Å². The van der Waals surface area contributed by atoms with Gasteiger partial charge in [-0.05, 0) is 64.3 Å². The van der Waals surface area contributed by atoms with Crippen molar-refractivity contribution >= 4 is 0 Å². The first kappa shape index (κ1) is 11.4. The highest BCUT2D eigenvalue weighted by molar-refractivity contribution is 4.73.